The Labute approximate surface area is 126 Å². The Kier molecular flexibility index (Phi) is 5.39. The van der Waals surface area contributed by atoms with Gasteiger partial charge in [0.25, 0.3) is 5.22 Å². The largest absolute Gasteiger partial charge is 0.416 e. The normalized spacial score (nSPS) is 11.2. The van der Waals surface area contributed by atoms with Gasteiger partial charge < -0.3 is 9.32 Å². The molecule has 2 rings (SSSR count). The maximum atomic E-state index is 13.6. The molecule has 0 aliphatic carbocycles. The number of hydrogen-bond donors (Lipinski definition) is 0. The van der Waals surface area contributed by atoms with Crippen LogP contribution in [0, 0.1) is 5.82 Å². The first-order valence-electron chi connectivity index (χ1n) is 6.09. The van der Waals surface area contributed by atoms with Gasteiger partial charge in [-0.3, -0.25) is 0 Å². The molecule has 0 atom stereocenters. The molecule has 0 radical (unpaired) electrons. The quantitative estimate of drug-likeness (QED) is 0.766. The lowest BCUT2D eigenvalue weighted by molar-refractivity contribution is 0.414. The van der Waals surface area contributed by atoms with Gasteiger partial charge in [0.05, 0.1) is 6.42 Å². The van der Waals surface area contributed by atoms with Crippen molar-refractivity contribution in [1.82, 2.24) is 15.1 Å². The lowest BCUT2D eigenvalue weighted by Gasteiger charge is -2.06. The van der Waals surface area contributed by atoms with Crippen LogP contribution in [0.15, 0.2) is 27.8 Å². The SMILES string of the molecule is CN(C)CCSc1nnc(Cc2c(F)cccc2Cl)o1. The summed E-state index contributed by atoms with van der Waals surface area (Å²) in [6.07, 6.45) is 0.201. The summed E-state index contributed by atoms with van der Waals surface area (Å²) in [6.45, 7) is 0.918. The van der Waals surface area contributed by atoms with Crippen LogP contribution in [0.5, 0.6) is 0 Å². The average molecular weight is 316 g/mol. The third kappa shape index (κ3) is 4.19. The molecule has 0 unspecified atom stereocenters. The zero-order valence-electron chi connectivity index (χ0n) is 11.3. The van der Waals surface area contributed by atoms with E-state index in [0.29, 0.717) is 21.7 Å². The first-order chi connectivity index (χ1) is 9.56. The smallest absolute Gasteiger partial charge is 0.276 e. The molecule has 108 valence electrons. The van der Waals surface area contributed by atoms with Crippen LogP contribution in [0.2, 0.25) is 5.02 Å². The van der Waals surface area contributed by atoms with E-state index >= 15 is 0 Å². The molecule has 0 saturated heterocycles. The maximum Gasteiger partial charge on any atom is 0.276 e. The highest BCUT2D eigenvalue weighted by Crippen LogP contribution is 2.23. The molecule has 0 saturated carbocycles. The molecule has 1 aromatic heterocycles. The van der Waals surface area contributed by atoms with E-state index in [9.17, 15) is 4.39 Å². The summed E-state index contributed by atoms with van der Waals surface area (Å²) in [5.74, 6) is 0.858. The Bertz CT molecular complexity index is 556. The predicted molar refractivity (Wildman–Crippen MR) is 77.8 cm³/mol. The van der Waals surface area contributed by atoms with Gasteiger partial charge in [0.15, 0.2) is 0 Å². The van der Waals surface area contributed by atoms with Crippen molar-refractivity contribution in [3.05, 3.63) is 40.5 Å². The van der Waals surface area contributed by atoms with Gasteiger partial charge in [-0.2, -0.15) is 0 Å². The Hall–Kier alpha value is -1.11. The molecule has 0 N–H and O–H groups in total. The molecular weight excluding hydrogens is 301 g/mol. The number of rotatable bonds is 6. The first kappa shape index (κ1) is 15.3. The van der Waals surface area contributed by atoms with E-state index in [4.69, 9.17) is 16.0 Å². The van der Waals surface area contributed by atoms with E-state index in [1.165, 1.54) is 17.8 Å². The number of benzene rings is 1. The molecule has 1 heterocycles. The minimum absolute atomic E-state index is 0.201. The number of nitrogens with zero attached hydrogens (tertiary/aromatic N) is 3. The molecule has 0 aliphatic heterocycles. The van der Waals surface area contributed by atoms with Crippen molar-refractivity contribution in [2.75, 3.05) is 26.4 Å². The summed E-state index contributed by atoms with van der Waals surface area (Å²) in [7, 11) is 4.00. The van der Waals surface area contributed by atoms with Crippen molar-refractivity contribution < 1.29 is 8.81 Å². The van der Waals surface area contributed by atoms with Crippen LogP contribution < -0.4 is 0 Å². The Balaban J connectivity index is 1.99. The van der Waals surface area contributed by atoms with Crippen LogP contribution >= 0.6 is 23.4 Å². The fraction of sp³-hybridized carbons (Fsp3) is 0.385. The highest BCUT2D eigenvalue weighted by molar-refractivity contribution is 7.99. The van der Waals surface area contributed by atoms with Crippen molar-refractivity contribution >= 4 is 23.4 Å². The van der Waals surface area contributed by atoms with Crippen molar-refractivity contribution in [1.29, 1.82) is 0 Å². The molecule has 0 amide bonds. The Morgan fingerprint density at radius 2 is 2.15 bits per heavy atom. The van der Waals surface area contributed by atoms with Crippen LogP contribution in [0.25, 0.3) is 0 Å². The molecule has 0 aliphatic rings. The lowest BCUT2D eigenvalue weighted by Crippen LogP contribution is -2.14. The van der Waals surface area contributed by atoms with Crippen LogP contribution in [-0.4, -0.2) is 41.5 Å². The zero-order valence-corrected chi connectivity index (χ0v) is 12.8. The minimum atomic E-state index is -0.363. The summed E-state index contributed by atoms with van der Waals surface area (Å²) < 4.78 is 19.1. The van der Waals surface area contributed by atoms with Gasteiger partial charge >= 0.3 is 0 Å². The summed E-state index contributed by atoms with van der Waals surface area (Å²) in [6, 6.07) is 4.57. The highest BCUT2D eigenvalue weighted by Gasteiger charge is 2.13. The fourth-order valence-electron chi connectivity index (χ4n) is 1.54. The summed E-state index contributed by atoms with van der Waals surface area (Å²) in [5.41, 5.74) is 0.377. The molecule has 2 aromatic rings. The summed E-state index contributed by atoms with van der Waals surface area (Å²) >= 11 is 7.44. The maximum absolute atomic E-state index is 13.6. The molecule has 0 bridgehead atoms. The van der Waals surface area contributed by atoms with Crippen LogP contribution in [0.3, 0.4) is 0 Å². The van der Waals surface area contributed by atoms with E-state index in [2.05, 4.69) is 15.1 Å². The number of aromatic nitrogens is 2. The van der Waals surface area contributed by atoms with E-state index in [1.54, 1.807) is 12.1 Å². The van der Waals surface area contributed by atoms with Crippen molar-refractivity contribution in [3.63, 3.8) is 0 Å². The lowest BCUT2D eigenvalue weighted by atomic mass is 10.1. The van der Waals surface area contributed by atoms with E-state index in [1.807, 2.05) is 14.1 Å². The third-order valence-electron chi connectivity index (χ3n) is 2.60. The zero-order chi connectivity index (χ0) is 14.5. The van der Waals surface area contributed by atoms with Crippen LogP contribution in [-0.2, 0) is 6.42 Å². The summed E-state index contributed by atoms with van der Waals surface area (Å²) in [4.78, 5) is 2.07. The molecular formula is C13H15ClFN3OS. The topological polar surface area (TPSA) is 42.2 Å². The second kappa shape index (κ2) is 7.06. The Morgan fingerprint density at radius 3 is 2.85 bits per heavy atom. The van der Waals surface area contributed by atoms with Gasteiger partial charge in [0, 0.05) is 22.9 Å². The van der Waals surface area contributed by atoms with Gasteiger partial charge in [-0.15, -0.1) is 10.2 Å². The second-order valence-corrected chi connectivity index (χ2v) is 5.94. The summed E-state index contributed by atoms with van der Waals surface area (Å²) in [5, 5.41) is 8.71. The molecule has 7 heteroatoms. The van der Waals surface area contributed by atoms with Crippen LogP contribution in [0.1, 0.15) is 11.5 Å². The van der Waals surface area contributed by atoms with Gasteiger partial charge in [0.1, 0.15) is 5.82 Å². The van der Waals surface area contributed by atoms with Crippen molar-refractivity contribution in [2.24, 2.45) is 0 Å². The van der Waals surface area contributed by atoms with Crippen molar-refractivity contribution in [2.45, 2.75) is 11.6 Å². The first-order valence-corrected chi connectivity index (χ1v) is 7.45. The molecule has 0 spiro atoms. The minimum Gasteiger partial charge on any atom is -0.416 e. The molecule has 0 fully saturated rings. The second-order valence-electron chi connectivity index (χ2n) is 4.49. The number of thioether (sulfide) groups is 1. The number of halogens is 2. The predicted octanol–water partition coefficient (Wildman–Crippen LogP) is 3.11. The third-order valence-corrected chi connectivity index (χ3v) is 3.75. The van der Waals surface area contributed by atoms with Gasteiger partial charge in [0.2, 0.25) is 5.89 Å². The standard InChI is InChI=1S/C13H15ClFN3OS/c1-18(2)6-7-20-13-17-16-12(19-13)8-9-10(14)4-3-5-11(9)15/h3-5H,6-8H2,1-2H3. The monoisotopic (exact) mass is 315 g/mol. The Morgan fingerprint density at radius 1 is 1.35 bits per heavy atom. The van der Waals surface area contributed by atoms with Gasteiger partial charge in [-0.25, -0.2) is 4.39 Å². The van der Waals surface area contributed by atoms with Gasteiger partial charge in [-0.1, -0.05) is 29.4 Å². The number of hydrogen-bond acceptors (Lipinski definition) is 5. The van der Waals surface area contributed by atoms with E-state index in [-0.39, 0.29) is 12.2 Å². The van der Waals surface area contributed by atoms with E-state index in [0.717, 1.165) is 12.3 Å². The van der Waals surface area contributed by atoms with E-state index < -0.39 is 0 Å². The van der Waals surface area contributed by atoms with Gasteiger partial charge in [-0.05, 0) is 26.2 Å². The van der Waals surface area contributed by atoms with Crippen LogP contribution in [0.4, 0.5) is 4.39 Å². The average Bonchev–Trinajstić information content (AvgIpc) is 2.81. The molecule has 4 nitrogen and oxygen atoms in total. The molecule has 1 aromatic carbocycles. The van der Waals surface area contributed by atoms with Crippen molar-refractivity contribution in [3.8, 4) is 0 Å². The fourth-order valence-corrected chi connectivity index (χ4v) is 2.65. The molecule has 20 heavy (non-hydrogen) atoms. The highest BCUT2D eigenvalue weighted by atomic mass is 35.5.